The van der Waals surface area contributed by atoms with Crippen LogP contribution in [0.25, 0.3) is 0 Å². The summed E-state index contributed by atoms with van der Waals surface area (Å²) in [7, 11) is 1.71. The van der Waals surface area contributed by atoms with Gasteiger partial charge in [-0.15, -0.1) is 0 Å². The van der Waals surface area contributed by atoms with E-state index in [4.69, 9.17) is 9.53 Å². The van der Waals surface area contributed by atoms with Crippen LogP contribution >= 0.6 is 0 Å². The lowest BCUT2D eigenvalue weighted by Crippen LogP contribution is -2.18. The van der Waals surface area contributed by atoms with E-state index in [2.05, 4.69) is 20.9 Å². The second-order valence-corrected chi connectivity index (χ2v) is 4.57. The smallest absolute Gasteiger partial charge is 0.387 e. The van der Waals surface area contributed by atoms with E-state index in [9.17, 15) is 8.78 Å². The molecule has 1 aromatic heterocycles. The zero-order valence-corrected chi connectivity index (χ0v) is 13.8. The van der Waals surface area contributed by atoms with Gasteiger partial charge in [0.1, 0.15) is 18.1 Å². The van der Waals surface area contributed by atoms with Crippen LogP contribution in [-0.4, -0.2) is 25.1 Å². The van der Waals surface area contributed by atoms with E-state index in [-0.39, 0.29) is 12.4 Å². The molecule has 0 unspecified atom stereocenters. The zero-order valence-electron chi connectivity index (χ0n) is 13.8. The Morgan fingerprint density at radius 2 is 1.96 bits per heavy atom. The van der Waals surface area contributed by atoms with Crippen molar-refractivity contribution in [2.45, 2.75) is 20.1 Å². The number of ether oxygens (including phenoxy) is 2. The summed E-state index contributed by atoms with van der Waals surface area (Å²) in [4.78, 5) is 13.1. The van der Waals surface area contributed by atoms with Gasteiger partial charge in [-0.05, 0) is 31.2 Å². The molecule has 0 saturated carbocycles. The number of anilines is 1. The minimum absolute atomic E-state index is 0.0957. The third-order valence-corrected chi connectivity index (χ3v) is 3.02. The molecule has 1 heterocycles. The Labute approximate surface area is 144 Å². The third-order valence-electron chi connectivity index (χ3n) is 3.02. The maximum Gasteiger partial charge on any atom is 0.387 e. The van der Waals surface area contributed by atoms with Gasteiger partial charge in [-0.25, -0.2) is 5.84 Å². The molecule has 9 heteroatoms. The van der Waals surface area contributed by atoms with Crippen LogP contribution in [0.5, 0.6) is 11.5 Å². The summed E-state index contributed by atoms with van der Waals surface area (Å²) in [6.07, 6.45) is 2.06. The van der Waals surface area contributed by atoms with Crippen LogP contribution in [0.2, 0.25) is 0 Å². The van der Waals surface area contributed by atoms with Crippen molar-refractivity contribution in [3.8, 4) is 11.5 Å². The predicted molar refractivity (Wildman–Crippen MR) is 89.3 cm³/mol. The zero-order chi connectivity index (χ0) is 18.7. The highest BCUT2D eigenvalue weighted by molar-refractivity contribution is 5.57. The highest BCUT2D eigenvalue weighted by Crippen LogP contribution is 2.29. The van der Waals surface area contributed by atoms with Crippen LogP contribution in [0.4, 0.5) is 14.5 Å². The van der Waals surface area contributed by atoms with Crippen LogP contribution in [0.3, 0.4) is 0 Å². The molecule has 0 saturated heterocycles. The Hall–Kier alpha value is -2.94. The van der Waals surface area contributed by atoms with Crippen molar-refractivity contribution in [2.24, 2.45) is 5.84 Å². The number of nitrogens with two attached hydrogens (primary N) is 1. The van der Waals surface area contributed by atoms with Gasteiger partial charge in [0.05, 0.1) is 11.3 Å². The average Bonchev–Trinajstić information content (AvgIpc) is 2.61. The molecule has 0 atom stereocenters. The number of hydrogen-bond acceptors (Lipinski definition) is 6. The average molecular weight is 354 g/mol. The number of aromatic nitrogens is 1. The van der Waals surface area contributed by atoms with Gasteiger partial charge in [-0.1, -0.05) is 6.07 Å². The molecule has 0 aliphatic rings. The van der Waals surface area contributed by atoms with Crippen LogP contribution in [-0.2, 0) is 11.4 Å². The summed E-state index contributed by atoms with van der Waals surface area (Å²) in [6.45, 7) is -0.961. The van der Waals surface area contributed by atoms with Gasteiger partial charge in [0.25, 0.3) is 0 Å². The molecule has 2 aromatic rings. The van der Waals surface area contributed by atoms with Gasteiger partial charge in [0.15, 0.2) is 0 Å². The van der Waals surface area contributed by atoms with Crippen LogP contribution < -0.4 is 26.1 Å². The number of hydrogen-bond donors (Lipinski definition) is 3. The Morgan fingerprint density at radius 3 is 2.52 bits per heavy atom. The highest BCUT2D eigenvalue weighted by atomic mass is 19.3. The summed E-state index contributed by atoms with van der Waals surface area (Å²) < 4.78 is 35.1. The number of carbonyl (C=O) groups excluding carboxylic acids is 1. The molecule has 0 aliphatic carbocycles. The molecule has 0 spiro atoms. The van der Waals surface area contributed by atoms with Crippen LogP contribution in [0.15, 0.2) is 36.5 Å². The monoisotopic (exact) mass is 354 g/mol. The summed E-state index contributed by atoms with van der Waals surface area (Å²) in [5.74, 6) is 5.11. The lowest BCUT2D eigenvalue weighted by Gasteiger charge is -2.16. The molecule has 0 fully saturated rings. The molecule has 7 nitrogen and oxygen atoms in total. The maximum atomic E-state index is 12.5. The number of alkyl halides is 2. The molecule has 2 rings (SSSR count). The van der Waals surface area contributed by atoms with Crippen molar-refractivity contribution in [1.29, 1.82) is 0 Å². The minimum atomic E-state index is -2.88. The van der Waals surface area contributed by atoms with Crippen molar-refractivity contribution >= 4 is 12.1 Å². The molecule has 0 aliphatic heterocycles. The highest BCUT2D eigenvalue weighted by Gasteiger charge is 2.14. The molecule has 136 valence electrons. The van der Waals surface area contributed by atoms with E-state index >= 15 is 0 Å². The summed E-state index contributed by atoms with van der Waals surface area (Å²) in [5, 5.41) is 2.94. The minimum Gasteiger partial charge on any atom is -0.487 e. The van der Waals surface area contributed by atoms with E-state index in [1.807, 2.05) is 6.92 Å². The molecule has 1 amide bonds. The Bertz CT molecular complexity index is 672. The third kappa shape index (κ3) is 6.60. The first-order chi connectivity index (χ1) is 12.0. The first kappa shape index (κ1) is 20.1. The van der Waals surface area contributed by atoms with Crippen molar-refractivity contribution in [2.75, 3.05) is 12.4 Å². The summed E-state index contributed by atoms with van der Waals surface area (Å²) in [5.41, 5.74) is 3.69. The quantitative estimate of drug-likeness (QED) is 0.305. The van der Waals surface area contributed by atoms with Crippen molar-refractivity contribution in [3.63, 3.8) is 0 Å². The number of pyridine rings is 1. The van der Waals surface area contributed by atoms with Gasteiger partial charge < -0.3 is 14.8 Å². The number of carbonyl (C=O) groups is 1. The number of aryl methyl sites for hydroxylation is 1. The van der Waals surface area contributed by atoms with E-state index in [0.29, 0.717) is 23.4 Å². The van der Waals surface area contributed by atoms with Gasteiger partial charge in [0.2, 0.25) is 6.41 Å². The van der Waals surface area contributed by atoms with E-state index in [0.717, 1.165) is 5.69 Å². The first-order valence-electron chi connectivity index (χ1n) is 7.22. The van der Waals surface area contributed by atoms with Gasteiger partial charge in [0, 0.05) is 18.9 Å². The molecule has 0 bridgehead atoms. The fourth-order valence-corrected chi connectivity index (χ4v) is 1.93. The summed E-state index contributed by atoms with van der Waals surface area (Å²) >= 11 is 0. The van der Waals surface area contributed by atoms with Gasteiger partial charge >= 0.3 is 6.61 Å². The molecule has 25 heavy (non-hydrogen) atoms. The van der Waals surface area contributed by atoms with E-state index in [1.165, 1.54) is 6.07 Å². The van der Waals surface area contributed by atoms with Crippen molar-refractivity contribution in [3.05, 3.63) is 47.8 Å². The van der Waals surface area contributed by atoms with Crippen molar-refractivity contribution < 1.29 is 23.0 Å². The van der Waals surface area contributed by atoms with Gasteiger partial charge in [-0.3, -0.25) is 15.2 Å². The fraction of sp³-hybridized carbons (Fsp3) is 0.250. The number of rotatable bonds is 7. The molecule has 1 aromatic carbocycles. The standard InChI is InChI=1S/C15H16F2N2O2.CH4N2O/c1-10-13(7-4-8-19-10)20-9-11-12(18-2)5-3-6-14(11)21-15(16)17;2-3-1-4/h3-8,15,18H,9H2,1-2H3;1H,2H2,(H,3,4). The van der Waals surface area contributed by atoms with Crippen LogP contribution in [0.1, 0.15) is 11.3 Å². The molecule has 0 radical (unpaired) electrons. The fourth-order valence-electron chi connectivity index (χ4n) is 1.93. The second kappa shape index (κ2) is 10.8. The predicted octanol–water partition coefficient (Wildman–Crippen LogP) is 2.22. The topological polar surface area (TPSA) is 98.5 Å². The number of benzene rings is 1. The molecular weight excluding hydrogens is 334 g/mol. The number of halogens is 2. The Morgan fingerprint density at radius 1 is 1.28 bits per heavy atom. The van der Waals surface area contributed by atoms with Crippen LogP contribution in [0, 0.1) is 6.92 Å². The lowest BCUT2D eigenvalue weighted by molar-refractivity contribution is -0.109. The Balaban J connectivity index is 0.000000705. The van der Waals surface area contributed by atoms with Crippen molar-refractivity contribution in [1.82, 2.24) is 10.4 Å². The molecule has 4 N–H and O–H groups in total. The normalized spacial score (nSPS) is 9.68. The van der Waals surface area contributed by atoms with Gasteiger partial charge in [-0.2, -0.15) is 8.78 Å². The largest absolute Gasteiger partial charge is 0.487 e. The second-order valence-electron chi connectivity index (χ2n) is 4.57. The lowest BCUT2D eigenvalue weighted by atomic mass is 10.1. The molecular formula is C16H20F2N4O3. The Kier molecular flexibility index (Phi) is 8.66. The van der Waals surface area contributed by atoms with E-state index in [1.54, 1.807) is 42.9 Å². The number of amides is 1. The number of nitrogens with one attached hydrogen (secondary N) is 2. The van der Waals surface area contributed by atoms with E-state index < -0.39 is 6.61 Å². The number of nitrogens with zero attached hydrogens (tertiary/aromatic N) is 1. The SMILES string of the molecule is CNc1cccc(OC(F)F)c1COc1cccnc1C.NNC=O. The first-order valence-corrected chi connectivity index (χ1v) is 7.22. The number of hydrazine groups is 1. The summed E-state index contributed by atoms with van der Waals surface area (Å²) in [6, 6.07) is 8.43. The maximum absolute atomic E-state index is 12.5.